The summed E-state index contributed by atoms with van der Waals surface area (Å²) in [6.45, 7) is 18.9. The third kappa shape index (κ3) is 7.81. The normalized spacial score (nSPS) is 12.5. The molecule has 0 amide bonds. The second kappa shape index (κ2) is 15.7. The number of pyridine rings is 2. The van der Waals surface area contributed by atoms with Gasteiger partial charge in [0.15, 0.2) is 5.78 Å². The van der Waals surface area contributed by atoms with Crippen LogP contribution in [0.3, 0.4) is 0 Å². The Labute approximate surface area is 314 Å². The van der Waals surface area contributed by atoms with Crippen LogP contribution in [0.2, 0.25) is 0 Å². The number of hydrogen-bond acceptors (Lipinski definition) is 6. The van der Waals surface area contributed by atoms with Crippen LogP contribution >= 0.6 is 11.3 Å². The van der Waals surface area contributed by atoms with E-state index < -0.39 is 0 Å². The minimum Gasteiger partial charge on any atom is -0.512 e. The summed E-state index contributed by atoms with van der Waals surface area (Å²) in [7, 11) is 0. The topological polar surface area (TPSA) is 76.2 Å². The van der Waals surface area contributed by atoms with Gasteiger partial charge in [0, 0.05) is 65.2 Å². The van der Waals surface area contributed by atoms with Crippen LogP contribution in [0.4, 0.5) is 0 Å². The first-order valence-electron chi connectivity index (χ1n) is 17.4. The minimum absolute atomic E-state index is 0. The van der Waals surface area contributed by atoms with Crippen molar-refractivity contribution in [2.24, 2.45) is 10.8 Å². The number of allylic oxidation sites excluding steroid dienone is 2. The number of carbonyl (C=O) groups excluding carboxylic acids is 1. The Balaban J connectivity index is 0.000000269. The van der Waals surface area contributed by atoms with Crippen molar-refractivity contribution in [3.05, 3.63) is 96.7 Å². The van der Waals surface area contributed by atoms with Crippen LogP contribution in [0.15, 0.2) is 89.5 Å². The largest absolute Gasteiger partial charge is 0.512 e. The Bertz CT molecular complexity index is 2130. The van der Waals surface area contributed by atoms with E-state index >= 15 is 0 Å². The second-order valence-electron chi connectivity index (χ2n) is 14.5. The number of thiophene rings is 1. The molecule has 0 spiro atoms. The summed E-state index contributed by atoms with van der Waals surface area (Å²) in [6, 6.07) is 22.5. The number of aliphatic hydroxyl groups is 1. The van der Waals surface area contributed by atoms with Crippen molar-refractivity contribution in [1.29, 1.82) is 0 Å². The summed E-state index contributed by atoms with van der Waals surface area (Å²) in [4.78, 5) is 22.8. The zero-order valence-corrected chi connectivity index (χ0v) is 33.9. The Morgan fingerprint density at radius 1 is 0.840 bits per heavy atom. The van der Waals surface area contributed by atoms with Crippen LogP contribution in [0, 0.1) is 16.9 Å². The zero-order chi connectivity index (χ0) is 35.6. The Morgan fingerprint density at radius 2 is 1.48 bits per heavy atom. The summed E-state index contributed by atoms with van der Waals surface area (Å²) >= 11 is 1.72. The van der Waals surface area contributed by atoms with Crippen molar-refractivity contribution in [1.82, 2.24) is 9.97 Å². The van der Waals surface area contributed by atoms with Gasteiger partial charge >= 0.3 is 0 Å². The molecule has 6 aromatic rings. The predicted molar refractivity (Wildman–Crippen MR) is 206 cm³/mol. The number of carbonyl (C=O) groups is 1. The summed E-state index contributed by atoms with van der Waals surface area (Å²) in [5, 5.41) is 14.7. The van der Waals surface area contributed by atoms with E-state index in [0.717, 1.165) is 74.0 Å². The quantitative estimate of drug-likeness (QED) is 0.0890. The van der Waals surface area contributed by atoms with E-state index in [1.165, 1.54) is 17.0 Å². The smallest absolute Gasteiger partial charge is 0.164 e. The molecular weight excluding hydrogens is 817 g/mol. The van der Waals surface area contributed by atoms with Crippen molar-refractivity contribution >= 4 is 48.9 Å². The number of nitrogens with zero attached hydrogens (tertiary/aromatic N) is 2. The van der Waals surface area contributed by atoms with Crippen LogP contribution in [-0.4, -0.2) is 20.9 Å². The first-order chi connectivity index (χ1) is 23.3. The maximum Gasteiger partial charge on any atom is 0.164 e. The molecule has 0 aliphatic carbocycles. The van der Waals surface area contributed by atoms with Crippen molar-refractivity contribution in [3.8, 4) is 21.8 Å². The van der Waals surface area contributed by atoms with Gasteiger partial charge in [-0.25, -0.2) is 0 Å². The van der Waals surface area contributed by atoms with Crippen molar-refractivity contribution in [2.45, 2.75) is 93.4 Å². The molecule has 0 saturated heterocycles. The molecule has 6 rings (SSSR count). The molecule has 2 aromatic carbocycles. The molecule has 0 bridgehead atoms. The molecule has 50 heavy (non-hydrogen) atoms. The van der Waals surface area contributed by atoms with Gasteiger partial charge in [-0.1, -0.05) is 91.5 Å². The second-order valence-corrected chi connectivity index (χ2v) is 15.6. The van der Waals surface area contributed by atoms with Crippen LogP contribution in [-0.2, 0) is 30.3 Å². The van der Waals surface area contributed by atoms with Gasteiger partial charge in [0.05, 0.1) is 16.8 Å². The van der Waals surface area contributed by atoms with E-state index in [2.05, 4.69) is 74.3 Å². The van der Waals surface area contributed by atoms with E-state index in [9.17, 15) is 9.90 Å². The van der Waals surface area contributed by atoms with Gasteiger partial charge in [0.25, 0.3) is 0 Å². The number of hydrogen-bond donors (Lipinski definition) is 1. The van der Waals surface area contributed by atoms with Crippen LogP contribution < -0.4 is 0 Å². The van der Waals surface area contributed by atoms with Gasteiger partial charge in [-0.3, -0.25) is 14.8 Å². The standard InChI is InChI=1S/C28H21N2OS.C15H28O2.Ir/c1-28(2,3)22-15-19(14-17-6-4-5-7-20(17)22)25-27-18(8-11-29-25)16-24(32-27)26-21-10-13-31-23(21)9-12-30-26;1-7-14(5,8-2)12(16)11-13(17)15(6,9-3)10-4;/h4-13,15-16H,1-3H3;11,16H,7-10H2,1-6H3;/q-1;;/b;12-11-;. The van der Waals surface area contributed by atoms with E-state index in [1.807, 2.05) is 59.9 Å². The van der Waals surface area contributed by atoms with Crippen LogP contribution in [0.5, 0.6) is 0 Å². The van der Waals surface area contributed by atoms with Gasteiger partial charge in [-0.15, -0.1) is 40.5 Å². The number of aromatic nitrogens is 2. The fourth-order valence-electron chi connectivity index (χ4n) is 6.03. The van der Waals surface area contributed by atoms with E-state index in [-0.39, 0.29) is 47.9 Å². The molecule has 265 valence electrons. The van der Waals surface area contributed by atoms with Gasteiger partial charge in [-0.05, 0) is 60.7 Å². The third-order valence-corrected chi connectivity index (χ3v) is 11.7. The van der Waals surface area contributed by atoms with Gasteiger partial charge in [0.1, 0.15) is 11.3 Å². The molecule has 7 heteroatoms. The van der Waals surface area contributed by atoms with Gasteiger partial charge < -0.3 is 9.52 Å². The average molecular weight is 866 g/mol. The van der Waals surface area contributed by atoms with Crippen molar-refractivity contribution in [2.75, 3.05) is 0 Å². The maximum absolute atomic E-state index is 12.2. The molecule has 4 aromatic heterocycles. The van der Waals surface area contributed by atoms with Crippen LogP contribution in [0.1, 0.15) is 93.6 Å². The van der Waals surface area contributed by atoms with E-state index in [0.29, 0.717) is 0 Å². The molecule has 0 fully saturated rings. The third-order valence-electron chi connectivity index (χ3n) is 10.5. The molecule has 4 heterocycles. The molecule has 5 nitrogen and oxygen atoms in total. The number of fused-ring (bicyclic) bond motifs is 3. The van der Waals surface area contributed by atoms with Crippen molar-refractivity contribution < 1.29 is 34.4 Å². The van der Waals surface area contributed by atoms with E-state index in [4.69, 9.17) is 9.40 Å². The predicted octanol–water partition coefficient (Wildman–Crippen LogP) is 12.7. The van der Waals surface area contributed by atoms with E-state index in [1.54, 1.807) is 23.8 Å². The Kier molecular flexibility index (Phi) is 12.3. The summed E-state index contributed by atoms with van der Waals surface area (Å²) in [5.74, 6) is 0.286. The molecule has 1 radical (unpaired) electrons. The summed E-state index contributed by atoms with van der Waals surface area (Å²) < 4.78 is 6.73. The fraction of sp³-hybridized carbons (Fsp3) is 0.372. The molecule has 0 aliphatic heterocycles. The average Bonchev–Trinajstić information content (AvgIpc) is 3.78. The molecule has 0 unspecified atom stereocenters. The number of furan rings is 1. The summed E-state index contributed by atoms with van der Waals surface area (Å²) in [6.07, 6.45) is 10.2. The number of benzene rings is 2. The number of rotatable bonds is 9. The summed E-state index contributed by atoms with van der Waals surface area (Å²) in [5.41, 5.74) is 4.51. The van der Waals surface area contributed by atoms with Crippen LogP contribution in [0.25, 0.3) is 53.7 Å². The van der Waals surface area contributed by atoms with Gasteiger partial charge in [0.2, 0.25) is 0 Å². The number of ketones is 1. The van der Waals surface area contributed by atoms with Gasteiger partial charge in [-0.2, -0.15) is 0 Å². The molecule has 0 atom stereocenters. The first-order valence-corrected chi connectivity index (χ1v) is 18.2. The molecule has 0 aliphatic rings. The Morgan fingerprint density at radius 3 is 2.14 bits per heavy atom. The molecule has 1 N–H and O–H groups in total. The zero-order valence-electron chi connectivity index (χ0n) is 30.7. The molecular formula is C43H49IrN2O3S-. The molecule has 0 saturated carbocycles. The number of aliphatic hydroxyl groups excluding tert-OH is 1. The Hall–Kier alpha value is -3.64. The monoisotopic (exact) mass is 866 g/mol. The van der Waals surface area contributed by atoms with Crippen molar-refractivity contribution in [3.63, 3.8) is 0 Å². The minimum atomic E-state index is -0.337. The fourth-order valence-corrected chi connectivity index (χ4v) is 7.20. The first kappa shape index (κ1) is 39.2. The SMILES string of the molecule is CC(C)(C)c1cc(-c2nccc3cc(-c4nccc5occc45)sc23)[c-]c2ccccc12.CCC(C)(CC)C(=O)/C=C(\O)C(C)(CC)CC.[Ir]. The maximum atomic E-state index is 12.2.